The van der Waals surface area contributed by atoms with E-state index in [1.807, 2.05) is 42.5 Å². The topological polar surface area (TPSA) is 98.5 Å². The summed E-state index contributed by atoms with van der Waals surface area (Å²) in [5.41, 5.74) is 1.50. The number of hydrogen-bond acceptors (Lipinski definition) is 5. The third-order valence-electron chi connectivity index (χ3n) is 4.00. The van der Waals surface area contributed by atoms with Gasteiger partial charge in [0.05, 0.1) is 4.92 Å². The summed E-state index contributed by atoms with van der Waals surface area (Å²) in [5, 5.41) is 13.9. The molecule has 0 atom stereocenters. The van der Waals surface area contributed by atoms with E-state index in [2.05, 4.69) is 5.32 Å². The first-order valence-electron chi connectivity index (χ1n) is 8.51. The van der Waals surface area contributed by atoms with Crippen LogP contribution in [0.3, 0.4) is 0 Å². The fourth-order valence-electron chi connectivity index (χ4n) is 2.69. The number of anilines is 1. The minimum absolute atomic E-state index is 0.114. The zero-order chi connectivity index (χ0) is 20.8. The number of ether oxygens (including phenoxy) is 1. The molecule has 0 radical (unpaired) electrons. The molecule has 0 aromatic heterocycles. The summed E-state index contributed by atoms with van der Waals surface area (Å²) < 4.78 is 4.94. The Morgan fingerprint density at radius 1 is 1.00 bits per heavy atom. The molecular weight excluding hydrogens is 396 g/mol. The molecule has 3 aromatic carbocycles. The van der Waals surface area contributed by atoms with Crippen molar-refractivity contribution < 1.29 is 19.2 Å². The van der Waals surface area contributed by atoms with Gasteiger partial charge in [-0.3, -0.25) is 14.9 Å². The van der Waals surface area contributed by atoms with Gasteiger partial charge in [-0.2, -0.15) is 0 Å². The number of benzene rings is 3. The Hall–Kier alpha value is -3.71. The molecular formula is C21H15ClN2O5. The predicted molar refractivity (Wildman–Crippen MR) is 109 cm³/mol. The lowest BCUT2D eigenvalue weighted by Gasteiger charge is -2.11. The number of para-hydroxylation sites is 1. The Labute approximate surface area is 171 Å². The number of rotatable bonds is 6. The van der Waals surface area contributed by atoms with Gasteiger partial charge in [0, 0.05) is 22.3 Å². The molecule has 0 aliphatic heterocycles. The number of hydrogen-bond donors (Lipinski definition) is 1. The zero-order valence-corrected chi connectivity index (χ0v) is 15.8. The highest BCUT2D eigenvalue weighted by molar-refractivity contribution is 6.31. The summed E-state index contributed by atoms with van der Waals surface area (Å²) in [6.07, 6.45) is 0. The van der Waals surface area contributed by atoms with Crippen LogP contribution >= 0.6 is 11.6 Å². The van der Waals surface area contributed by atoms with Crippen LogP contribution in [0.2, 0.25) is 5.02 Å². The number of nitro benzene ring substituents is 1. The van der Waals surface area contributed by atoms with Crippen molar-refractivity contribution in [2.24, 2.45) is 0 Å². The normalized spacial score (nSPS) is 10.2. The maximum atomic E-state index is 12.3. The van der Waals surface area contributed by atoms with Crippen LogP contribution in [0, 0.1) is 10.1 Å². The average Bonchev–Trinajstić information content (AvgIpc) is 2.73. The molecule has 1 N–H and O–H groups in total. The second-order valence-corrected chi connectivity index (χ2v) is 6.39. The smallest absolute Gasteiger partial charge is 0.345 e. The van der Waals surface area contributed by atoms with Crippen LogP contribution in [-0.4, -0.2) is 23.4 Å². The van der Waals surface area contributed by atoms with Crippen LogP contribution in [0.5, 0.6) is 0 Å². The van der Waals surface area contributed by atoms with Crippen LogP contribution in [0.1, 0.15) is 10.4 Å². The predicted octanol–water partition coefficient (Wildman–Crippen LogP) is 4.71. The maximum Gasteiger partial charge on any atom is 0.345 e. The highest BCUT2D eigenvalue weighted by atomic mass is 35.5. The van der Waals surface area contributed by atoms with E-state index in [-0.39, 0.29) is 10.6 Å². The van der Waals surface area contributed by atoms with E-state index in [4.69, 9.17) is 16.3 Å². The van der Waals surface area contributed by atoms with Crippen LogP contribution in [0.15, 0.2) is 72.8 Å². The fraction of sp³-hybridized carbons (Fsp3) is 0.0476. The van der Waals surface area contributed by atoms with Crippen molar-refractivity contribution >= 4 is 34.9 Å². The fourth-order valence-corrected chi connectivity index (χ4v) is 2.85. The van der Waals surface area contributed by atoms with Crippen molar-refractivity contribution in [1.29, 1.82) is 0 Å². The molecule has 0 heterocycles. The van der Waals surface area contributed by atoms with Crippen molar-refractivity contribution in [3.8, 4) is 11.1 Å². The van der Waals surface area contributed by atoms with Gasteiger partial charge in [0.15, 0.2) is 6.61 Å². The molecule has 0 saturated carbocycles. The lowest BCUT2D eigenvalue weighted by atomic mass is 10.0. The Bertz CT molecular complexity index is 1070. The number of nitro groups is 1. The zero-order valence-electron chi connectivity index (χ0n) is 15.0. The second kappa shape index (κ2) is 8.99. The van der Waals surface area contributed by atoms with Gasteiger partial charge in [0.1, 0.15) is 5.56 Å². The van der Waals surface area contributed by atoms with Crippen molar-refractivity contribution in [3.63, 3.8) is 0 Å². The molecule has 0 spiro atoms. The van der Waals surface area contributed by atoms with Gasteiger partial charge in [-0.25, -0.2) is 4.79 Å². The van der Waals surface area contributed by atoms with Gasteiger partial charge in [0.25, 0.3) is 11.6 Å². The quantitative estimate of drug-likeness (QED) is 0.360. The van der Waals surface area contributed by atoms with Gasteiger partial charge in [-0.05, 0) is 23.8 Å². The van der Waals surface area contributed by atoms with E-state index in [1.165, 1.54) is 12.1 Å². The van der Waals surface area contributed by atoms with Crippen LogP contribution < -0.4 is 5.32 Å². The first-order chi connectivity index (χ1) is 14.0. The number of amides is 1. The monoisotopic (exact) mass is 410 g/mol. The number of carbonyl (C=O) groups excluding carboxylic acids is 2. The van der Waals surface area contributed by atoms with Crippen molar-refractivity contribution in [3.05, 3.63) is 93.5 Å². The van der Waals surface area contributed by atoms with E-state index in [9.17, 15) is 19.7 Å². The molecule has 0 unspecified atom stereocenters. The third kappa shape index (κ3) is 4.97. The van der Waals surface area contributed by atoms with Crippen LogP contribution in [0.25, 0.3) is 11.1 Å². The molecule has 0 aliphatic rings. The number of esters is 1. The van der Waals surface area contributed by atoms with E-state index in [1.54, 1.807) is 12.1 Å². The highest BCUT2D eigenvalue weighted by Crippen LogP contribution is 2.27. The minimum atomic E-state index is -0.986. The summed E-state index contributed by atoms with van der Waals surface area (Å²) in [6.45, 7) is -0.595. The first kappa shape index (κ1) is 20.0. The van der Waals surface area contributed by atoms with Gasteiger partial charge in [-0.15, -0.1) is 0 Å². The Balaban J connectivity index is 1.69. The van der Waals surface area contributed by atoms with E-state index in [0.717, 1.165) is 17.2 Å². The first-order valence-corrected chi connectivity index (χ1v) is 8.89. The van der Waals surface area contributed by atoms with E-state index in [0.29, 0.717) is 5.69 Å². The summed E-state index contributed by atoms with van der Waals surface area (Å²) in [5.74, 6) is -1.56. The van der Waals surface area contributed by atoms with Gasteiger partial charge in [-0.1, -0.05) is 60.1 Å². The lowest BCUT2D eigenvalue weighted by Crippen LogP contribution is -2.21. The number of carbonyl (C=O) groups is 2. The molecule has 7 nitrogen and oxygen atoms in total. The van der Waals surface area contributed by atoms with Gasteiger partial charge < -0.3 is 10.1 Å². The largest absolute Gasteiger partial charge is 0.452 e. The summed E-state index contributed by atoms with van der Waals surface area (Å²) in [4.78, 5) is 34.8. The standard InChI is InChI=1S/C21H15ClN2O5/c22-15-10-11-17(19(12-15)24(27)28)21(26)29-13-20(25)23-18-9-5-4-8-16(18)14-6-2-1-3-7-14/h1-12H,13H2,(H,23,25). The third-order valence-corrected chi connectivity index (χ3v) is 4.23. The van der Waals surface area contributed by atoms with Crippen molar-refractivity contribution in [1.82, 2.24) is 0 Å². The SMILES string of the molecule is O=C(COC(=O)c1ccc(Cl)cc1[N+](=O)[O-])Nc1ccccc1-c1ccccc1. The molecule has 1 amide bonds. The number of nitrogens with zero attached hydrogens (tertiary/aromatic N) is 1. The van der Waals surface area contributed by atoms with Crippen LogP contribution in [0.4, 0.5) is 11.4 Å². The summed E-state index contributed by atoms with van der Waals surface area (Å²) in [7, 11) is 0. The van der Waals surface area contributed by atoms with Crippen molar-refractivity contribution in [2.75, 3.05) is 11.9 Å². The molecule has 29 heavy (non-hydrogen) atoms. The maximum absolute atomic E-state index is 12.3. The highest BCUT2D eigenvalue weighted by Gasteiger charge is 2.22. The molecule has 0 saturated heterocycles. The molecule has 3 rings (SSSR count). The molecule has 0 bridgehead atoms. The summed E-state index contributed by atoms with van der Waals surface area (Å²) >= 11 is 5.73. The molecule has 0 fully saturated rings. The molecule has 146 valence electrons. The Morgan fingerprint density at radius 3 is 2.41 bits per heavy atom. The number of nitrogens with one attached hydrogen (secondary N) is 1. The Morgan fingerprint density at radius 2 is 1.69 bits per heavy atom. The molecule has 3 aromatic rings. The van der Waals surface area contributed by atoms with Crippen LogP contribution in [-0.2, 0) is 9.53 Å². The average molecular weight is 411 g/mol. The Kier molecular flexibility index (Phi) is 6.21. The van der Waals surface area contributed by atoms with E-state index >= 15 is 0 Å². The van der Waals surface area contributed by atoms with Gasteiger partial charge in [0.2, 0.25) is 0 Å². The number of halogens is 1. The lowest BCUT2D eigenvalue weighted by molar-refractivity contribution is -0.385. The molecule has 8 heteroatoms. The minimum Gasteiger partial charge on any atom is -0.452 e. The second-order valence-electron chi connectivity index (χ2n) is 5.95. The van der Waals surface area contributed by atoms with Crippen molar-refractivity contribution in [2.45, 2.75) is 0 Å². The van der Waals surface area contributed by atoms with E-state index < -0.39 is 29.1 Å². The summed E-state index contributed by atoms with van der Waals surface area (Å²) in [6, 6.07) is 20.2. The molecule has 0 aliphatic carbocycles. The van der Waals surface area contributed by atoms with Gasteiger partial charge >= 0.3 is 5.97 Å².